The van der Waals surface area contributed by atoms with Gasteiger partial charge in [-0.25, -0.2) is 0 Å². The molecule has 2 heterocycles. The summed E-state index contributed by atoms with van der Waals surface area (Å²) < 4.78 is 0. The Labute approximate surface area is 179 Å². The molecule has 158 valence electrons. The number of rotatable bonds is 4. The first-order chi connectivity index (χ1) is 14.8. The summed E-state index contributed by atoms with van der Waals surface area (Å²) in [4.78, 5) is 45.1. The number of aromatic nitrogens is 2. The highest BCUT2D eigenvalue weighted by Gasteiger charge is 2.35. The molecule has 0 fully saturated rings. The minimum atomic E-state index is -0.936. The molecule has 0 saturated heterocycles. The number of aromatic amines is 1. The molecule has 4 N–H and O–H groups in total. The Hall–Kier alpha value is -3.94. The fourth-order valence-corrected chi connectivity index (χ4v) is 3.60. The molecule has 1 aliphatic rings. The number of fused-ring (bicyclic) bond motifs is 1. The Bertz CT molecular complexity index is 1230. The maximum atomic E-state index is 13.0. The van der Waals surface area contributed by atoms with E-state index in [4.69, 9.17) is 0 Å². The van der Waals surface area contributed by atoms with Crippen LogP contribution in [-0.4, -0.2) is 21.8 Å². The predicted molar refractivity (Wildman–Crippen MR) is 120 cm³/mol. The van der Waals surface area contributed by atoms with Crippen molar-refractivity contribution < 1.29 is 9.59 Å². The molecule has 0 aliphatic carbocycles. The minimum Gasteiger partial charge on any atom is -0.326 e. The third-order valence-corrected chi connectivity index (χ3v) is 5.22. The molecule has 0 spiro atoms. The topological polar surface area (TPSA) is 116 Å². The van der Waals surface area contributed by atoms with Crippen molar-refractivity contribution in [3.8, 4) is 0 Å². The zero-order valence-electron chi connectivity index (χ0n) is 17.5. The lowest BCUT2D eigenvalue weighted by Gasteiger charge is -2.24. The Kier molecular flexibility index (Phi) is 5.29. The van der Waals surface area contributed by atoms with E-state index in [2.05, 4.69) is 25.9 Å². The number of aryl methyl sites for hydroxylation is 3. The van der Waals surface area contributed by atoms with Crippen LogP contribution in [0.3, 0.4) is 0 Å². The largest absolute Gasteiger partial charge is 0.326 e. The summed E-state index contributed by atoms with van der Waals surface area (Å²) in [7, 11) is 0. The van der Waals surface area contributed by atoms with Crippen molar-refractivity contribution in [1.82, 2.24) is 9.97 Å². The molecule has 1 aromatic heterocycles. The molecule has 1 aliphatic heterocycles. The highest BCUT2D eigenvalue weighted by Crippen LogP contribution is 2.30. The van der Waals surface area contributed by atoms with E-state index in [9.17, 15) is 14.4 Å². The highest BCUT2D eigenvalue weighted by atomic mass is 16.2. The Morgan fingerprint density at radius 1 is 1.03 bits per heavy atom. The second kappa shape index (κ2) is 8.06. The van der Waals surface area contributed by atoms with Crippen molar-refractivity contribution in [2.75, 3.05) is 16.0 Å². The smallest absolute Gasteiger partial charge is 0.258 e. The van der Waals surface area contributed by atoms with Gasteiger partial charge in [0.1, 0.15) is 5.82 Å². The zero-order chi connectivity index (χ0) is 22.1. The summed E-state index contributed by atoms with van der Waals surface area (Å²) in [6, 6.07) is 13.2. The standard InChI is InChI=1S/C23H23N5O3/c1-12-4-7-15(8-5-12)24-23-27-20-19(22(31)28-23)16(11-18(29)26-20)21(30)25-17-9-6-13(2)10-14(17)3/h4-10,16H,11H2,1-3H3,(H,25,30)(H3,24,26,27,28,29,31)/t16-/m0/s1. The number of carbonyl (C=O) groups excluding carboxylic acids is 2. The number of anilines is 4. The van der Waals surface area contributed by atoms with Gasteiger partial charge in [-0.15, -0.1) is 0 Å². The number of hydrogen-bond acceptors (Lipinski definition) is 5. The molecule has 8 nitrogen and oxygen atoms in total. The zero-order valence-corrected chi connectivity index (χ0v) is 17.5. The molecular formula is C23H23N5O3. The highest BCUT2D eigenvalue weighted by molar-refractivity contribution is 6.04. The molecule has 8 heteroatoms. The van der Waals surface area contributed by atoms with E-state index in [0.717, 1.165) is 22.4 Å². The average Bonchev–Trinajstić information content (AvgIpc) is 2.71. The Morgan fingerprint density at radius 2 is 1.74 bits per heavy atom. The molecular weight excluding hydrogens is 394 g/mol. The second-order valence-electron chi connectivity index (χ2n) is 7.78. The summed E-state index contributed by atoms with van der Waals surface area (Å²) in [5.41, 5.74) is 4.13. The fourth-order valence-electron chi connectivity index (χ4n) is 3.60. The van der Waals surface area contributed by atoms with E-state index in [1.807, 2.05) is 63.2 Å². The van der Waals surface area contributed by atoms with Gasteiger partial charge in [-0.05, 0) is 44.5 Å². The SMILES string of the molecule is Cc1ccc(Nc2nc3c(c(=O)[nH]2)[C@@H](C(=O)Nc2ccc(C)cc2C)CC(=O)N3)cc1. The normalized spacial score (nSPS) is 15.1. The lowest BCUT2D eigenvalue weighted by atomic mass is 9.92. The minimum absolute atomic E-state index is 0.0930. The lowest BCUT2D eigenvalue weighted by molar-refractivity contribution is -0.123. The maximum absolute atomic E-state index is 13.0. The van der Waals surface area contributed by atoms with E-state index in [0.29, 0.717) is 5.69 Å². The Morgan fingerprint density at radius 3 is 2.45 bits per heavy atom. The van der Waals surface area contributed by atoms with Gasteiger partial charge in [-0.3, -0.25) is 19.4 Å². The van der Waals surface area contributed by atoms with Gasteiger partial charge < -0.3 is 16.0 Å². The van der Waals surface area contributed by atoms with Crippen molar-refractivity contribution in [2.45, 2.75) is 33.1 Å². The van der Waals surface area contributed by atoms with Gasteiger partial charge >= 0.3 is 0 Å². The molecule has 31 heavy (non-hydrogen) atoms. The number of benzene rings is 2. The van der Waals surface area contributed by atoms with Gasteiger partial charge in [0, 0.05) is 17.8 Å². The summed E-state index contributed by atoms with van der Waals surface area (Å²) in [5, 5.41) is 8.47. The summed E-state index contributed by atoms with van der Waals surface area (Å²) >= 11 is 0. The van der Waals surface area contributed by atoms with Crippen LogP contribution in [0.5, 0.6) is 0 Å². The number of nitrogens with one attached hydrogen (secondary N) is 4. The number of H-pyrrole nitrogens is 1. The van der Waals surface area contributed by atoms with Crippen molar-refractivity contribution in [3.63, 3.8) is 0 Å². The molecule has 0 unspecified atom stereocenters. The van der Waals surface area contributed by atoms with Crippen LogP contribution in [0.15, 0.2) is 47.3 Å². The van der Waals surface area contributed by atoms with Crippen LogP contribution in [0, 0.1) is 20.8 Å². The Balaban J connectivity index is 1.64. The number of amides is 2. The lowest BCUT2D eigenvalue weighted by Crippen LogP contribution is -2.36. The second-order valence-corrected chi connectivity index (χ2v) is 7.78. The van der Waals surface area contributed by atoms with Crippen LogP contribution >= 0.6 is 0 Å². The third-order valence-electron chi connectivity index (χ3n) is 5.22. The number of carbonyl (C=O) groups is 2. The van der Waals surface area contributed by atoms with E-state index in [-0.39, 0.29) is 29.7 Å². The van der Waals surface area contributed by atoms with Crippen LogP contribution in [0.4, 0.5) is 23.1 Å². The van der Waals surface area contributed by atoms with Crippen LogP contribution < -0.4 is 21.5 Å². The quantitative estimate of drug-likeness (QED) is 0.518. The van der Waals surface area contributed by atoms with Crippen LogP contribution in [0.1, 0.15) is 34.6 Å². The molecule has 3 aromatic rings. The monoisotopic (exact) mass is 417 g/mol. The predicted octanol–water partition coefficient (Wildman–Crippen LogP) is 3.50. The van der Waals surface area contributed by atoms with Gasteiger partial charge in [-0.2, -0.15) is 4.98 Å². The first-order valence-electron chi connectivity index (χ1n) is 9.96. The van der Waals surface area contributed by atoms with Crippen molar-refractivity contribution in [1.29, 1.82) is 0 Å². The average molecular weight is 417 g/mol. The van der Waals surface area contributed by atoms with E-state index in [1.165, 1.54) is 0 Å². The van der Waals surface area contributed by atoms with Crippen molar-refractivity contribution in [3.05, 3.63) is 75.1 Å². The van der Waals surface area contributed by atoms with Gasteiger partial charge in [0.05, 0.1) is 11.5 Å². The molecule has 0 saturated carbocycles. The van der Waals surface area contributed by atoms with Crippen LogP contribution in [0.2, 0.25) is 0 Å². The van der Waals surface area contributed by atoms with Crippen LogP contribution in [-0.2, 0) is 9.59 Å². The third kappa shape index (κ3) is 4.32. The van der Waals surface area contributed by atoms with Crippen molar-refractivity contribution in [2.24, 2.45) is 0 Å². The van der Waals surface area contributed by atoms with E-state index < -0.39 is 17.4 Å². The molecule has 0 radical (unpaired) electrons. The van der Waals surface area contributed by atoms with Gasteiger partial charge in [-0.1, -0.05) is 35.4 Å². The number of hydrogen-bond donors (Lipinski definition) is 4. The molecule has 0 bridgehead atoms. The molecule has 1 atom stereocenters. The molecule has 2 amide bonds. The van der Waals surface area contributed by atoms with Crippen molar-refractivity contribution >= 4 is 35.0 Å². The summed E-state index contributed by atoms with van der Waals surface area (Å²) in [5.74, 6) is -1.45. The number of nitrogens with zero attached hydrogens (tertiary/aromatic N) is 1. The van der Waals surface area contributed by atoms with E-state index in [1.54, 1.807) is 0 Å². The molecule has 4 rings (SSSR count). The first kappa shape index (κ1) is 20.3. The van der Waals surface area contributed by atoms with Gasteiger partial charge in [0.2, 0.25) is 17.8 Å². The summed E-state index contributed by atoms with van der Waals surface area (Å²) in [6.07, 6.45) is -0.126. The fraction of sp³-hybridized carbons (Fsp3) is 0.217. The summed E-state index contributed by atoms with van der Waals surface area (Å²) in [6.45, 7) is 5.83. The first-order valence-corrected chi connectivity index (χ1v) is 9.96. The van der Waals surface area contributed by atoms with Crippen LogP contribution in [0.25, 0.3) is 0 Å². The molecule has 2 aromatic carbocycles. The van der Waals surface area contributed by atoms with Gasteiger partial charge in [0.15, 0.2) is 0 Å². The maximum Gasteiger partial charge on any atom is 0.258 e. The van der Waals surface area contributed by atoms with E-state index >= 15 is 0 Å². The van der Waals surface area contributed by atoms with Gasteiger partial charge in [0.25, 0.3) is 5.56 Å².